The first-order chi connectivity index (χ1) is 11.7. The van der Waals surface area contributed by atoms with Crippen molar-refractivity contribution in [3.63, 3.8) is 0 Å². The van der Waals surface area contributed by atoms with Crippen molar-refractivity contribution in [3.8, 4) is 0 Å². The number of carboxylic acids is 1. The molecule has 1 saturated carbocycles. The summed E-state index contributed by atoms with van der Waals surface area (Å²) in [6.45, 7) is 3.03. The van der Waals surface area contributed by atoms with Crippen molar-refractivity contribution >= 4 is 35.1 Å². The predicted molar refractivity (Wildman–Crippen MR) is 92.1 cm³/mol. The van der Waals surface area contributed by atoms with Crippen molar-refractivity contribution in [3.05, 3.63) is 51.2 Å². The zero-order chi connectivity index (χ0) is 18.4. The molecule has 6 nitrogen and oxygen atoms in total. The molecule has 1 unspecified atom stereocenters. The highest BCUT2D eigenvalue weighted by Gasteiger charge is 2.39. The zero-order valence-electron chi connectivity index (χ0n) is 13.6. The zero-order valence-corrected chi connectivity index (χ0v) is 15.1. The second kappa shape index (κ2) is 6.35. The van der Waals surface area contributed by atoms with E-state index in [4.69, 9.17) is 27.6 Å². The number of hydrogen-bond acceptors (Lipinski definition) is 4. The minimum atomic E-state index is -1.70. The molecule has 132 valence electrons. The molecule has 1 atom stereocenters. The van der Waals surface area contributed by atoms with Crippen LogP contribution in [0.2, 0.25) is 10.0 Å². The number of nitrogens with zero attached hydrogens (tertiary/aromatic N) is 1. The molecule has 2 aromatic rings. The monoisotopic (exact) mass is 382 g/mol. The lowest BCUT2D eigenvalue weighted by Gasteiger charge is -2.26. The maximum Gasteiger partial charge on any atom is 0.333 e. The first-order valence-corrected chi connectivity index (χ1v) is 8.46. The Hall–Kier alpha value is -2.05. The lowest BCUT2D eigenvalue weighted by molar-refractivity contribution is -0.144. The molecule has 1 heterocycles. The number of carbonyl (C=O) groups excluding carboxylic acids is 1. The molecule has 1 amide bonds. The summed E-state index contributed by atoms with van der Waals surface area (Å²) in [5, 5.41) is 12.7. The van der Waals surface area contributed by atoms with Gasteiger partial charge in [-0.05, 0) is 44.4 Å². The molecule has 0 spiro atoms. The van der Waals surface area contributed by atoms with Crippen LogP contribution in [0.25, 0.3) is 0 Å². The summed E-state index contributed by atoms with van der Waals surface area (Å²) in [5.74, 6) is -1.09. The normalized spacial score (nSPS) is 16.3. The van der Waals surface area contributed by atoms with E-state index in [2.05, 4.69) is 10.3 Å². The van der Waals surface area contributed by atoms with E-state index < -0.39 is 17.4 Å². The van der Waals surface area contributed by atoms with E-state index in [0.29, 0.717) is 22.2 Å². The number of oxazole rings is 1. The van der Waals surface area contributed by atoms with Gasteiger partial charge in [0, 0.05) is 5.92 Å². The van der Waals surface area contributed by atoms with Crippen LogP contribution < -0.4 is 5.32 Å². The third-order valence-electron chi connectivity index (χ3n) is 4.23. The van der Waals surface area contributed by atoms with Crippen LogP contribution in [0.4, 0.5) is 0 Å². The summed E-state index contributed by atoms with van der Waals surface area (Å²) >= 11 is 11.9. The largest absolute Gasteiger partial charge is 0.479 e. The van der Waals surface area contributed by atoms with E-state index in [9.17, 15) is 14.7 Å². The molecule has 0 radical (unpaired) electrons. The summed E-state index contributed by atoms with van der Waals surface area (Å²) < 4.78 is 5.54. The number of carboxylic acid groups (broad SMARTS) is 1. The van der Waals surface area contributed by atoms with Gasteiger partial charge in [0.05, 0.1) is 15.7 Å². The van der Waals surface area contributed by atoms with Crippen molar-refractivity contribution < 1.29 is 19.1 Å². The fraction of sp³-hybridized carbons (Fsp3) is 0.353. The Labute approximate surface area is 154 Å². The van der Waals surface area contributed by atoms with E-state index in [0.717, 1.165) is 12.8 Å². The lowest BCUT2D eigenvalue weighted by Crippen LogP contribution is -2.49. The number of benzene rings is 1. The molecular formula is C17H16Cl2N2O4. The van der Waals surface area contributed by atoms with Gasteiger partial charge in [0.2, 0.25) is 5.76 Å². The smallest absolute Gasteiger partial charge is 0.333 e. The number of carbonyl (C=O) groups is 2. The van der Waals surface area contributed by atoms with Gasteiger partial charge in [-0.2, -0.15) is 0 Å². The molecule has 1 aliphatic rings. The molecule has 25 heavy (non-hydrogen) atoms. The Morgan fingerprint density at radius 3 is 2.56 bits per heavy atom. The highest BCUT2D eigenvalue weighted by Crippen LogP contribution is 2.40. The van der Waals surface area contributed by atoms with Crippen LogP contribution in [0, 0.1) is 6.92 Å². The summed E-state index contributed by atoms with van der Waals surface area (Å²) in [5.41, 5.74) is -0.979. The van der Waals surface area contributed by atoms with Gasteiger partial charge in [-0.3, -0.25) is 4.79 Å². The van der Waals surface area contributed by atoms with Crippen LogP contribution in [0.1, 0.15) is 53.4 Å². The van der Waals surface area contributed by atoms with Crippen molar-refractivity contribution in [2.75, 3.05) is 0 Å². The fourth-order valence-electron chi connectivity index (χ4n) is 2.47. The molecule has 0 bridgehead atoms. The van der Waals surface area contributed by atoms with E-state index in [-0.39, 0.29) is 16.7 Å². The Morgan fingerprint density at radius 2 is 2.00 bits per heavy atom. The molecule has 8 heteroatoms. The molecule has 0 saturated heterocycles. The minimum absolute atomic E-state index is 0.0226. The van der Waals surface area contributed by atoms with Crippen LogP contribution >= 0.6 is 23.2 Å². The Balaban J connectivity index is 1.92. The van der Waals surface area contributed by atoms with Crippen molar-refractivity contribution in [2.45, 2.75) is 38.1 Å². The fourth-order valence-corrected chi connectivity index (χ4v) is 2.77. The van der Waals surface area contributed by atoms with E-state index in [1.165, 1.54) is 25.1 Å². The second-order valence-corrected chi connectivity index (χ2v) is 7.07. The maximum atomic E-state index is 12.6. The van der Waals surface area contributed by atoms with Gasteiger partial charge in [-0.1, -0.05) is 29.3 Å². The SMILES string of the molecule is Cc1nc(C2CC2)oc1C(=O)NC(C)(C(=O)O)c1ccc(Cl)c(Cl)c1. The summed E-state index contributed by atoms with van der Waals surface area (Å²) in [4.78, 5) is 28.7. The van der Waals surface area contributed by atoms with Crippen LogP contribution in [-0.4, -0.2) is 22.0 Å². The summed E-state index contributed by atoms with van der Waals surface area (Å²) in [6, 6.07) is 4.41. The van der Waals surface area contributed by atoms with Crippen LogP contribution in [0.5, 0.6) is 0 Å². The number of rotatable bonds is 5. The molecule has 2 N–H and O–H groups in total. The number of amides is 1. The third kappa shape index (κ3) is 3.37. The van der Waals surface area contributed by atoms with Gasteiger partial charge in [0.1, 0.15) is 0 Å². The molecule has 3 rings (SSSR count). The van der Waals surface area contributed by atoms with Crippen LogP contribution in [0.15, 0.2) is 22.6 Å². The average Bonchev–Trinajstić information content (AvgIpc) is 3.32. The molecule has 0 aliphatic heterocycles. The van der Waals surface area contributed by atoms with Gasteiger partial charge in [0.25, 0.3) is 5.91 Å². The topological polar surface area (TPSA) is 92.4 Å². The van der Waals surface area contributed by atoms with Crippen LogP contribution in [-0.2, 0) is 10.3 Å². The van der Waals surface area contributed by atoms with Gasteiger partial charge < -0.3 is 14.8 Å². The van der Waals surface area contributed by atoms with Crippen molar-refractivity contribution in [1.82, 2.24) is 10.3 Å². The van der Waals surface area contributed by atoms with Crippen molar-refractivity contribution in [1.29, 1.82) is 0 Å². The second-order valence-electron chi connectivity index (χ2n) is 6.25. The van der Waals surface area contributed by atoms with Gasteiger partial charge in [-0.25, -0.2) is 9.78 Å². The Bertz CT molecular complexity index is 860. The van der Waals surface area contributed by atoms with Crippen LogP contribution in [0.3, 0.4) is 0 Å². The van der Waals surface area contributed by atoms with E-state index in [1.54, 1.807) is 6.92 Å². The number of aryl methyl sites for hydroxylation is 1. The number of aliphatic carboxylic acids is 1. The first-order valence-electron chi connectivity index (χ1n) is 7.71. The number of halogens is 2. The minimum Gasteiger partial charge on any atom is -0.479 e. The molecule has 1 aromatic carbocycles. The van der Waals surface area contributed by atoms with Crippen molar-refractivity contribution in [2.24, 2.45) is 0 Å². The van der Waals surface area contributed by atoms with E-state index in [1.807, 2.05) is 0 Å². The van der Waals surface area contributed by atoms with E-state index >= 15 is 0 Å². The van der Waals surface area contributed by atoms with Gasteiger partial charge in [0.15, 0.2) is 11.4 Å². The van der Waals surface area contributed by atoms with Gasteiger partial charge >= 0.3 is 5.97 Å². The highest BCUT2D eigenvalue weighted by atomic mass is 35.5. The summed E-state index contributed by atoms with van der Waals surface area (Å²) in [6.07, 6.45) is 1.97. The third-order valence-corrected chi connectivity index (χ3v) is 4.97. The summed E-state index contributed by atoms with van der Waals surface area (Å²) in [7, 11) is 0. The predicted octanol–water partition coefficient (Wildman–Crippen LogP) is 3.90. The molecule has 1 fully saturated rings. The molecule has 1 aromatic heterocycles. The first kappa shape index (κ1) is 17.8. The number of nitrogens with one attached hydrogen (secondary N) is 1. The average molecular weight is 383 g/mol. The van der Waals surface area contributed by atoms with Gasteiger partial charge in [-0.15, -0.1) is 0 Å². The highest BCUT2D eigenvalue weighted by molar-refractivity contribution is 6.42. The Morgan fingerprint density at radius 1 is 1.32 bits per heavy atom. The molecular weight excluding hydrogens is 367 g/mol. The quantitative estimate of drug-likeness (QED) is 0.817. The number of aromatic nitrogens is 1. The standard InChI is InChI=1S/C17H16Cl2N2O4/c1-8-13(25-15(20-8)9-3-4-9)14(22)21-17(2,16(23)24)10-5-6-11(18)12(19)7-10/h5-7,9H,3-4H2,1-2H3,(H,21,22)(H,23,24). The number of hydrogen-bond donors (Lipinski definition) is 2. The Kier molecular flexibility index (Phi) is 4.51. The lowest BCUT2D eigenvalue weighted by atomic mass is 9.92. The molecule has 1 aliphatic carbocycles. The maximum absolute atomic E-state index is 12.6.